The first-order valence-corrected chi connectivity index (χ1v) is 28.7. The maximum Gasteiger partial charge on any atom is 0.261 e. The monoisotopic (exact) mass is 1060 g/mol. The van der Waals surface area contributed by atoms with Crippen LogP contribution in [-0.2, 0) is 0 Å². The largest absolute Gasteiger partial charge is 0.493 e. The van der Waals surface area contributed by atoms with Crippen LogP contribution >= 0.6 is 0 Å². The molecule has 0 radical (unpaired) electrons. The van der Waals surface area contributed by atoms with Crippen molar-refractivity contribution in [1.29, 1.82) is 0 Å². The van der Waals surface area contributed by atoms with Gasteiger partial charge in [-0.25, -0.2) is 0 Å². The van der Waals surface area contributed by atoms with Crippen LogP contribution in [0, 0.1) is 0 Å². The van der Waals surface area contributed by atoms with Crippen molar-refractivity contribution in [3.8, 4) is 56.8 Å². The molecule has 2 aliphatic heterocycles. The number of ether oxygens (including phenoxy) is 6. The van der Waals surface area contributed by atoms with E-state index in [0.29, 0.717) is 126 Å². The number of nitrogens with zero attached hydrogens (tertiary/aromatic N) is 2. The average molecular weight is 1060 g/mol. The van der Waals surface area contributed by atoms with Crippen LogP contribution in [0.1, 0.15) is 184 Å². The molecule has 2 aliphatic rings. The van der Waals surface area contributed by atoms with Gasteiger partial charge in [-0.2, -0.15) is 0 Å². The summed E-state index contributed by atoms with van der Waals surface area (Å²) in [5, 5.41) is 5.46. The number of hydrogen-bond acceptors (Lipinski definition) is 10. The number of methoxy groups -OCH3 is 6. The second-order valence-corrected chi connectivity index (χ2v) is 21.2. The minimum Gasteiger partial charge on any atom is -0.493 e. The molecule has 0 fully saturated rings. The molecule has 4 amide bonds. The number of rotatable bonds is 30. The highest BCUT2D eigenvalue weighted by molar-refractivity contribution is 6.44. The number of fused-ring (bicyclic) bond motifs is 2. The van der Waals surface area contributed by atoms with Gasteiger partial charge in [0.15, 0.2) is 23.0 Å². The quantitative estimate of drug-likeness (QED) is 0.0186. The predicted molar refractivity (Wildman–Crippen MR) is 312 cm³/mol. The van der Waals surface area contributed by atoms with E-state index in [9.17, 15) is 9.59 Å². The third-order valence-electron chi connectivity index (χ3n) is 16.4. The van der Waals surface area contributed by atoms with Gasteiger partial charge in [-0.1, -0.05) is 142 Å². The molecule has 2 heterocycles. The highest BCUT2D eigenvalue weighted by atomic mass is 16.5. The third-order valence-corrected chi connectivity index (χ3v) is 16.4. The van der Waals surface area contributed by atoms with E-state index in [1.807, 2.05) is 60.7 Å². The molecule has 12 nitrogen and oxygen atoms in total. The second-order valence-electron chi connectivity index (χ2n) is 21.2. The lowest BCUT2D eigenvalue weighted by molar-refractivity contribution is 0.0592. The van der Waals surface area contributed by atoms with Crippen LogP contribution in [0.2, 0.25) is 0 Å². The van der Waals surface area contributed by atoms with Crippen molar-refractivity contribution in [1.82, 2.24) is 9.80 Å². The molecule has 7 aromatic rings. The van der Waals surface area contributed by atoms with E-state index in [2.05, 4.69) is 13.8 Å². The van der Waals surface area contributed by atoms with E-state index in [-0.39, 0.29) is 23.6 Å². The molecule has 0 atom stereocenters. The Bertz CT molecular complexity index is 3090. The molecular formula is C66H78N2O10. The van der Waals surface area contributed by atoms with Crippen molar-refractivity contribution >= 4 is 66.7 Å². The van der Waals surface area contributed by atoms with Crippen molar-refractivity contribution in [2.45, 2.75) is 142 Å². The first-order valence-electron chi connectivity index (χ1n) is 28.7. The van der Waals surface area contributed by atoms with Crippen molar-refractivity contribution < 1.29 is 47.6 Å². The van der Waals surface area contributed by atoms with Gasteiger partial charge in [0.1, 0.15) is 0 Å². The zero-order valence-electron chi connectivity index (χ0n) is 47.3. The lowest BCUT2D eigenvalue weighted by Crippen LogP contribution is -2.41. The minimum atomic E-state index is -0.361. The van der Waals surface area contributed by atoms with Crippen LogP contribution in [0.15, 0.2) is 60.7 Å². The standard InChI is InChI=1S/C66H78N2O10/c1-9-11-13-15-17-19-21-23-25-27-33-67-63(69)45-31-29-43-56-48(42-37-53(75-5)62(78-8)54(38-42)76-6)40-50-58-46(64(70)68(66(50)72)34-28-26-24-22-20-18-16-14-12-10-2)32-30-44(60(56)58)55-47(39-49(65(67)71)57(45)59(43)55)41-35-51(73-3)61(77-7)52(36-41)74-4/h29-32,35-40H,9-28,33-34H2,1-8H3. The molecule has 0 saturated carbocycles. The van der Waals surface area contributed by atoms with E-state index >= 15 is 9.59 Å². The van der Waals surface area contributed by atoms with E-state index in [0.717, 1.165) is 60.1 Å². The molecule has 0 aromatic heterocycles. The van der Waals surface area contributed by atoms with Gasteiger partial charge in [-0.05, 0) is 116 Å². The molecule has 0 N–H and O–H groups in total. The smallest absolute Gasteiger partial charge is 0.261 e. The first-order chi connectivity index (χ1) is 38.1. The molecule has 0 unspecified atom stereocenters. The molecule has 412 valence electrons. The van der Waals surface area contributed by atoms with E-state index in [1.54, 1.807) is 42.7 Å². The molecular weight excluding hydrogens is 981 g/mol. The Labute approximate surface area is 459 Å². The third kappa shape index (κ3) is 10.4. The summed E-state index contributed by atoms with van der Waals surface area (Å²) in [6, 6.07) is 18.9. The summed E-state index contributed by atoms with van der Waals surface area (Å²) in [7, 11) is 9.38. The lowest BCUT2D eigenvalue weighted by Gasteiger charge is -2.32. The Kier molecular flexibility index (Phi) is 17.9. The molecule has 9 rings (SSSR count). The SMILES string of the molecule is CCCCCCCCCCCCN1C(=O)c2ccc3c4c(-c5cc(OC)c(OC)c(OC)c5)cc5c6c(ccc(c7c(-c8cc(OC)c(OC)c(OC)c8)cc(c2c37)C1=O)c64)C(=O)N(CCCCCCCCCCCC)C5=O. The van der Waals surface area contributed by atoms with Crippen molar-refractivity contribution in [3.63, 3.8) is 0 Å². The van der Waals surface area contributed by atoms with Gasteiger partial charge in [0.05, 0.1) is 42.7 Å². The first kappa shape index (κ1) is 55.7. The van der Waals surface area contributed by atoms with Crippen molar-refractivity contribution in [3.05, 3.63) is 82.9 Å². The molecule has 0 saturated heterocycles. The van der Waals surface area contributed by atoms with Gasteiger partial charge in [0.2, 0.25) is 11.5 Å². The summed E-state index contributed by atoms with van der Waals surface area (Å²) in [4.78, 5) is 63.1. The lowest BCUT2D eigenvalue weighted by atomic mass is 9.77. The van der Waals surface area contributed by atoms with E-state index in [1.165, 1.54) is 86.8 Å². The Morgan fingerprint density at radius 1 is 0.308 bits per heavy atom. The molecule has 0 aliphatic carbocycles. The number of carbonyl (C=O) groups excluding carboxylic acids is 4. The Morgan fingerprint density at radius 3 is 0.897 bits per heavy atom. The summed E-state index contributed by atoms with van der Waals surface area (Å²) < 4.78 is 35.3. The minimum absolute atomic E-state index is 0.301. The van der Waals surface area contributed by atoms with Crippen LogP contribution in [0.5, 0.6) is 34.5 Å². The fourth-order valence-electron chi connectivity index (χ4n) is 12.4. The van der Waals surface area contributed by atoms with E-state index < -0.39 is 0 Å². The number of amides is 4. The summed E-state index contributed by atoms with van der Waals surface area (Å²) in [5.41, 5.74) is 4.36. The number of hydrogen-bond donors (Lipinski definition) is 0. The topological polar surface area (TPSA) is 130 Å². The molecule has 78 heavy (non-hydrogen) atoms. The van der Waals surface area contributed by atoms with Crippen LogP contribution < -0.4 is 28.4 Å². The molecule has 7 aromatic carbocycles. The maximum absolute atomic E-state index is 15.2. The maximum atomic E-state index is 15.2. The summed E-state index contributed by atoms with van der Waals surface area (Å²) >= 11 is 0. The number of benzene rings is 7. The number of imide groups is 2. The second kappa shape index (κ2) is 25.1. The summed E-state index contributed by atoms with van der Waals surface area (Å²) in [6.45, 7) is 5.07. The van der Waals surface area contributed by atoms with Crippen LogP contribution in [0.4, 0.5) is 0 Å². The summed E-state index contributed by atoms with van der Waals surface area (Å²) in [5.74, 6) is 1.11. The average Bonchev–Trinajstić information content (AvgIpc) is 2.04. The van der Waals surface area contributed by atoms with Crippen LogP contribution in [-0.4, -0.2) is 89.2 Å². The fraction of sp³-hybridized carbons (Fsp3) is 0.455. The van der Waals surface area contributed by atoms with E-state index in [4.69, 9.17) is 28.4 Å². The number of carbonyl (C=O) groups is 4. The molecule has 12 heteroatoms. The fourth-order valence-corrected chi connectivity index (χ4v) is 12.4. The van der Waals surface area contributed by atoms with Crippen LogP contribution in [0.25, 0.3) is 65.3 Å². The predicted octanol–water partition coefficient (Wildman–Crippen LogP) is 16.2. The Hall–Kier alpha value is -7.08. The highest BCUT2D eigenvalue weighted by Gasteiger charge is 2.39. The van der Waals surface area contributed by atoms with Gasteiger partial charge in [-0.3, -0.25) is 29.0 Å². The Balaban J connectivity index is 1.24. The van der Waals surface area contributed by atoms with Gasteiger partial charge >= 0.3 is 0 Å². The Morgan fingerprint density at radius 2 is 0.603 bits per heavy atom. The van der Waals surface area contributed by atoms with Gasteiger partial charge in [0.25, 0.3) is 23.6 Å². The zero-order valence-corrected chi connectivity index (χ0v) is 47.3. The van der Waals surface area contributed by atoms with Gasteiger partial charge in [-0.15, -0.1) is 0 Å². The van der Waals surface area contributed by atoms with Crippen LogP contribution in [0.3, 0.4) is 0 Å². The van der Waals surface area contributed by atoms with Gasteiger partial charge < -0.3 is 28.4 Å². The van der Waals surface area contributed by atoms with Crippen molar-refractivity contribution in [2.75, 3.05) is 55.7 Å². The molecule has 0 spiro atoms. The summed E-state index contributed by atoms with van der Waals surface area (Å²) in [6.07, 6.45) is 22.6. The highest BCUT2D eigenvalue weighted by Crippen LogP contribution is 2.54. The van der Waals surface area contributed by atoms with Gasteiger partial charge in [0, 0.05) is 46.1 Å². The molecule has 0 bridgehead atoms. The normalized spacial score (nSPS) is 13.3. The van der Waals surface area contributed by atoms with Crippen molar-refractivity contribution in [2.24, 2.45) is 0 Å². The number of unbranched alkanes of at least 4 members (excludes halogenated alkanes) is 18. The zero-order chi connectivity index (χ0) is 55.0.